The van der Waals surface area contributed by atoms with Crippen molar-refractivity contribution >= 4 is 11.0 Å². The fourth-order valence-electron chi connectivity index (χ4n) is 4.57. The van der Waals surface area contributed by atoms with Crippen molar-refractivity contribution in [3.63, 3.8) is 0 Å². The van der Waals surface area contributed by atoms with Crippen LogP contribution in [0.3, 0.4) is 0 Å². The highest BCUT2D eigenvalue weighted by Gasteiger charge is 2.53. The quantitative estimate of drug-likeness (QED) is 0.164. The van der Waals surface area contributed by atoms with Crippen molar-refractivity contribution in [3.8, 4) is 28.6 Å². The second-order valence-electron chi connectivity index (χ2n) is 9.65. The van der Waals surface area contributed by atoms with Crippen molar-refractivity contribution in [2.45, 2.75) is 48.7 Å². The van der Waals surface area contributed by atoms with Gasteiger partial charge in [0.1, 0.15) is 64.0 Å². The molecule has 14 heteroatoms. The van der Waals surface area contributed by atoms with Gasteiger partial charge in [-0.25, -0.2) is 0 Å². The Morgan fingerprint density at radius 1 is 0.975 bits per heavy atom. The molecule has 0 saturated carbocycles. The number of aliphatic hydroxyl groups excluding tert-OH is 5. The molecule has 1 aromatic heterocycles. The molecule has 0 radical (unpaired) electrons. The number of hydrogen-bond acceptors (Lipinski definition) is 14. The summed E-state index contributed by atoms with van der Waals surface area (Å²) in [5.41, 5.74) is -2.22. The van der Waals surface area contributed by atoms with Crippen LogP contribution >= 0.6 is 0 Å². The van der Waals surface area contributed by atoms with Crippen LogP contribution < -0.4 is 10.2 Å². The lowest BCUT2D eigenvalue weighted by Gasteiger charge is -2.42. The van der Waals surface area contributed by atoms with Crippen LogP contribution in [0.1, 0.15) is 0 Å². The van der Waals surface area contributed by atoms with Crippen LogP contribution in [0.25, 0.3) is 22.3 Å². The lowest BCUT2D eigenvalue weighted by Crippen LogP contribution is -2.62. The molecule has 2 fully saturated rings. The highest BCUT2D eigenvalue weighted by atomic mass is 16.8. The van der Waals surface area contributed by atoms with Crippen LogP contribution in [0.5, 0.6) is 17.2 Å². The van der Waals surface area contributed by atoms with Crippen LogP contribution in [0, 0.1) is 0 Å². The standard InChI is InChI=1S/C26H28O14/c27-8-18-20(32)21(33)22(40-25-23(34)26(35,9-28)10-36-25)24(39-18)37-13-5-14(30)19-15(31)7-16(38-17(19)6-13)11-1-3-12(29)4-2-11/h1-7,18,20-25,27-30,32-35H,8-10H2/t18-,20-,21+,22-,23+,24-,25+,26?/m1/s1. The third-order valence-corrected chi connectivity index (χ3v) is 6.88. The molecule has 14 nitrogen and oxygen atoms in total. The fourth-order valence-corrected chi connectivity index (χ4v) is 4.57. The van der Waals surface area contributed by atoms with E-state index in [2.05, 4.69) is 0 Å². The Morgan fingerprint density at radius 2 is 1.70 bits per heavy atom. The first-order valence-electron chi connectivity index (χ1n) is 12.2. The fraction of sp³-hybridized carbons (Fsp3) is 0.423. The van der Waals surface area contributed by atoms with E-state index in [-0.39, 0.29) is 28.2 Å². The maximum atomic E-state index is 12.8. The second kappa shape index (κ2) is 10.9. The molecule has 0 amide bonds. The summed E-state index contributed by atoms with van der Waals surface area (Å²) in [7, 11) is 0. The van der Waals surface area contributed by atoms with Crippen LogP contribution in [-0.2, 0) is 14.2 Å². The summed E-state index contributed by atoms with van der Waals surface area (Å²) < 4.78 is 28.0. The summed E-state index contributed by atoms with van der Waals surface area (Å²) in [5, 5.41) is 80.7. The number of hydrogen-bond donors (Lipinski definition) is 8. The minimum atomic E-state index is -2.04. The Balaban J connectivity index is 1.47. The lowest BCUT2D eigenvalue weighted by molar-refractivity contribution is -0.318. The van der Waals surface area contributed by atoms with Gasteiger partial charge in [-0.1, -0.05) is 0 Å². The van der Waals surface area contributed by atoms with Crippen LogP contribution in [0.15, 0.2) is 51.7 Å². The first kappa shape index (κ1) is 28.2. The van der Waals surface area contributed by atoms with Crippen LogP contribution in [0.2, 0.25) is 0 Å². The summed E-state index contributed by atoms with van der Waals surface area (Å²) >= 11 is 0. The molecule has 3 aromatic rings. The molecule has 8 N–H and O–H groups in total. The van der Waals surface area contributed by atoms with Gasteiger partial charge in [0.25, 0.3) is 0 Å². The zero-order valence-corrected chi connectivity index (χ0v) is 20.7. The summed E-state index contributed by atoms with van der Waals surface area (Å²) in [4.78, 5) is 12.8. The minimum Gasteiger partial charge on any atom is -0.508 e. The Hall–Kier alpha value is -3.31. The van der Waals surface area contributed by atoms with Crippen molar-refractivity contribution in [3.05, 3.63) is 52.7 Å². The van der Waals surface area contributed by atoms with Crippen molar-refractivity contribution in [1.82, 2.24) is 0 Å². The second-order valence-corrected chi connectivity index (χ2v) is 9.65. The molecule has 3 heterocycles. The van der Waals surface area contributed by atoms with Gasteiger partial charge in [-0.05, 0) is 24.3 Å². The average Bonchev–Trinajstić information content (AvgIpc) is 3.21. The van der Waals surface area contributed by atoms with Crippen molar-refractivity contribution in [2.75, 3.05) is 19.8 Å². The van der Waals surface area contributed by atoms with Crippen molar-refractivity contribution in [1.29, 1.82) is 0 Å². The molecule has 2 aliphatic heterocycles. The molecule has 0 bridgehead atoms. The highest BCUT2D eigenvalue weighted by Crippen LogP contribution is 2.35. The monoisotopic (exact) mass is 564 g/mol. The lowest BCUT2D eigenvalue weighted by atomic mass is 9.98. The number of ether oxygens (including phenoxy) is 4. The first-order valence-corrected chi connectivity index (χ1v) is 12.2. The SMILES string of the molecule is O=c1cc(-c2ccc(O)cc2)oc2cc(O[C@@H]3O[C@H](CO)[C@@H](O)[C@H](O)[C@H]3O[C@@H]3OCC(O)(CO)[C@H]3O)cc(O)c12. The molecule has 2 saturated heterocycles. The molecule has 8 atom stereocenters. The minimum absolute atomic E-state index is 0.00882. The van der Waals surface area contributed by atoms with E-state index in [1.54, 1.807) is 0 Å². The van der Waals surface area contributed by atoms with E-state index < -0.39 is 79.7 Å². The van der Waals surface area contributed by atoms with Gasteiger partial charge in [0.15, 0.2) is 17.8 Å². The Bertz CT molecular complexity index is 1410. The molecule has 0 aliphatic carbocycles. The van der Waals surface area contributed by atoms with Gasteiger partial charge in [-0.15, -0.1) is 0 Å². The zero-order valence-electron chi connectivity index (χ0n) is 20.7. The molecule has 2 aliphatic rings. The maximum Gasteiger partial charge on any atom is 0.229 e. The number of aliphatic hydroxyl groups is 6. The first-order chi connectivity index (χ1) is 19.0. The van der Waals surface area contributed by atoms with Gasteiger partial charge >= 0.3 is 0 Å². The van der Waals surface area contributed by atoms with Gasteiger partial charge in [0.2, 0.25) is 6.29 Å². The van der Waals surface area contributed by atoms with E-state index in [1.165, 1.54) is 36.4 Å². The summed E-state index contributed by atoms with van der Waals surface area (Å²) in [6.07, 6.45) is -11.2. The molecule has 1 unspecified atom stereocenters. The van der Waals surface area contributed by atoms with E-state index in [0.717, 1.165) is 6.07 Å². The molecule has 0 spiro atoms. The van der Waals surface area contributed by atoms with Crippen molar-refractivity contribution < 1.29 is 64.2 Å². The number of phenolic OH excluding ortho intramolecular Hbond substituents is 2. The Labute approximate surface area is 225 Å². The van der Waals surface area contributed by atoms with Crippen LogP contribution in [0.4, 0.5) is 0 Å². The molecule has 40 heavy (non-hydrogen) atoms. The molecular weight excluding hydrogens is 536 g/mol. The normalized spacial score (nSPS) is 32.4. The van der Waals surface area contributed by atoms with E-state index >= 15 is 0 Å². The van der Waals surface area contributed by atoms with Crippen LogP contribution in [-0.4, -0.2) is 109 Å². The topological polar surface area (TPSA) is 229 Å². The Kier molecular flexibility index (Phi) is 7.71. The Morgan fingerprint density at radius 3 is 2.35 bits per heavy atom. The van der Waals surface area contributed by atoms with Gasteiger partial charge in [0, 0.05) is 23.8 Å². The smallest absolute Gasteiger partial charge is 0.229 e. The number of benzene rings is 2. The third-order valence-electron chi connectivity index (χ3n) is 6.88. The molecule has 216 valence electrons. The number of aromatic hydroxyl groups is 2. The molecular formula is C26H28O14. The van der Waals surface area contributed by atoms with Gasteiger partial charge in [-0.3, -0.25) is 4.79 Å². The highest BCUT2D eigenvalue weighted by molar-refractivity contribution is 5.86. The molecule has 2 aromatic carbocycles. The van der Waals surface area contributed by atoms with E-state index in [0.29, 0.717) is 5.56 Å². The van der Waals surface area contributed by atoms with Gasteiger partial charge in [-0.2, -0.15) is 0 Å². The third kappa shape index (κ3) is 5.12. The zero-order chi connectivity index (χ0) is 28.8. The van der Waals surface area contributed by atoms with E-state index in [1.807, 2.05) is 0 Å². The largest absolute Gasteiger partial charge is 0.508 e. The average molecular weight is 564 g/mol. The predicted molar refractivity (Wildman–Crippen MR) is 132 cm³/mol. The predicted octanol–water partition coefficient (Wildman–Crippen LogP) is -1.49. The summed E-state index contributed by atoms with van der Waals surface area (Å²) in [6, 6.07) is 9.37. The van der Waals surface area contributed by atoms with Gasteiger partial charge in [0.05, 0.1) is 19.8 Å². The number of phenols is 2. The molecule has 5 rings (SSSR count). The van der Waals surface area contributed by atoms with Gasteiger partial charge < -0.3 is 64.2 Å². The summed E-state index contributed by atoms with van der Waals surface area (Å²) in [6.45, 7) is -2.06. The maximum absolute atomic E-state index is 12.8. The summed E-state index contributed by atoms with van der Waals surface area (Å²) in [5.74, 6) is -0.496. The number of fused-ring (bicyclic) bond motifs is 1. The van der Waals surface area contributed by atoms with Crippen molar-refractivity contribution in [2.24, 2.45) is 0 Å². The van der Waals surface area contributed by atoms with E-state index in [9.17, 15) is 45.6 Å². The van der Waals surface area contributed by atoms with E-state index in [4.69, 9.17) is 23.4 Å². The number of rotatable bonds is 7.